The molecule has 2 rings (SSSR count). The van der Waals surface area contributed by atoms with Crippen LogP contribution in [0.2, 0.25) is 0 Å². The van der Waals surface area contributed by atoms with E-state index in [4.69, 9.17) is 5.26 Å². The number of carbonyl (C=O) groups is 1. The second-order valence-corrected chi connectivity index (χ2v) is 8.32. The van der Waals surface area contributed by atoms with Crippen LogP contribution in [0.3, 0.4) is 0 Å². The van der Waals surface area contributed by atoms with Crippen molar-refractivity contribution in [2.24, 2.45) is 0 Å². The standard InChI is InChI=1S/C17H23N3O3S/c1-14-13-19(2)10-11-20(14)17(21)15-5-7-16(8-6-15)24(22,23)12-4-3-9-18/h5-8,14H,3-4,10-13H2,1-2H3/t14-/m0/s1. The van der Waals surface area contributed by atoms with Gasteiger partial charge in [-0.1, -0.05) is 0 Å². The van der Waals surface area contributed by atoms with Gasteiger partial charge in [0, 0.05) is 37.7 Å². The van der Waals surface area contributed by atoms with E-state index in [1.807, 2.05) is 24.9 Å². The van der Waals surface area contributed by atoms with Gasteiger partial charge in [-0.15, -0.1) is 0 Å². The fourth-order valence-corrected chi connectivity index (χ4v) is 4.18. The molecule has 0 aromatic heterocycles. The summed E-state index contributed by atoms with van der Waals surface area (Å²) >= 11 is 0. The Kier molecular flexibility index (Phi) is 5.97. The smallest absolute Gasteiger partial charge is 0.254 e. The van der Waals surface area contributed by atoms with E-state index in [9.17, 15) is 13.2 Å². The van der Waals surface area contributed by atoms with Crippen LogP contribution in [-0.4, -0.2) is 62.6 Å². The lowest BCUT2D eigenvalue weighted by Crippen LogP contribution is -2.52. The van der Waals surface area contributed by atoms with E-state index in [2.05, 4.69) is 4.90 Å². The van der Waals surface area contributed by atoms with E-state index in [0.717, 1.165) is 13.1 Å². The molecule has 1 atom stereocenters. The maximum atomic E-state index is 12.6. The van der Waals surface area contributed by atoms with Gasteiger partial charge in [-0.25, -0.2) is 8.42 Å². The predicted molar refractivity (Wildman–Crippen MR) is 91.3 cm³/mol. The van der Waals surface area contributed by atoms with E-state index >= 15 is 0 Å². The number of piperazine rings is 1. The molecule has 0 unspecified atom stereocenters. The third-order valence-corrected chi connectivity index (χ3v) is 6.07. The number of carbonyl (C=O) groups excluding carboxylic acids is 1. The van der Waals surface area contributed by atoms with Crippen molar-refractivity contribution in [3.8, 4) is 6.07 Å². The van der Waals surface area contributed by atoms with Crippen molar-refractivity contribution in [1.82, 2.24) is 9.80 Å². The summed E-state index contributed by atoms with van der Waals surface area (Å²) in [6, 6.07) is 8.18. The molecular weight excluding hydrogens is 326 g/mol. The Hall–Kier alpha value is -1.91. The number of benzene rings is 1. The number of hydrogen-bond acceptors (Lipinski definition) is 5. The number of rotatable bonds is 5. The Labute approximate surface area is 143 Å². The maximum absolute atomic E-state index is 12.6. The third-order valence-electron chi connectivity index (χ3n) is 4.25. The zero-order valence-electron chi connectivity index (χ0n) is 14.1. The van der Waals surface area contributed by atoms with Crippen molar-refractivity contribution in [2.75, 3.05) is 32.4 Å². The average Bonchev–Trinajstić information content (AvgIpc) is 2.54. The number of hydrogen-bond donors (Lipinski definition) is 0. The number of unbranched alkanes of at least 4 members (excludes halogenated alkanes) is 1. The molecule has 1 aliphatic rings. The van der Waals surface area contributed by atoms with E-state index < -0.39 is 9.84 Å². The Morgan fingerprint density at radius 2 is 1.96 bits per heavy atom. The molecule has 0 spiro atoms. The molecule has 0 radical (unpaired) electrons. The summed E-state index contributed by atoms with van der Waals surface area (Å²) in [6.45, 7) is 4.35. The number of nitrogens with zero attached hydrogens (tertiary/aromatic N) is 3. The molecule has 24 heavy (non-hydrogen) atoms. The fourth-order valence-electron chi connectivity index (χ4n) is 2.87. The maximum Gasteiger partial charge on any atom is 0.254 e. The summed E-state index contributed by atoms with van der Waals surface area (Å²) in [6.07, 6.45) is 0.537. The van der Waals surface area contributed by atoms with Gasteiger partial charge in [0.2, 0.25) is 0 Å². The molecule has 1 amide bonds. The molecule has 1 aromatic rings. The third kappa shape index (κ3) is 4.34. The Bertz CT molecular complexity index is 722. The minimum atomic E-state index is -3.40. The van der Waals surface area contributed by atoms with Gasteiger partial charge in [0.15, 0.2) is 9.84 Å². The second kappa shape index (κ2) is 7.77. The van der Waals surface area contributed by atoms with Crippen LogP contribution < -0.4 is 0 Å². The number of amides is 1. The van der Waals surface area contributed by atoms with Gasteiger partial charge in [0.1, 0.15) is 0 Å². The molecule has 130 valence electrons. The summed E-state index contributed by atoms with van der Waals surface area (Å²) in [4.78, 5) is 16.8. The van der Waals surface area contributed by atoms with Gasteiger partial charge in [-0.05, 0) is 44.7 Å². The van der Waals surface area contributed by atoms with Crippen molar-refractivity contribution in [1.29, 1.82) is 5.26 Å². The van der Waals surface area contributed by atoms with Crippen molar-refractivity contribution in [3.05, 3.63) is 29.8 Å². The monoisotopic (exact) mass is 349 g/mol. The SMILES string of the molecule is C[C@H]1CN(C)CCN1C(=O)c1ccc(S(=O)(=O)CCCC#N)cc1. The first-order valence-corrected chi connectivity index (χ1v) is 9.69. The quantitative estimate of drug-likeness (QED) is 0.753. The number of likely N-dealkylation sites (N-methyl/N-ethyl adjacent to an activating group) is 1. The van der Waals surface area contributed by atoms with Crippen molar-refractivity contribution in [3.63, 3.8) is 0 Å². The zero-order chi connectivity index (χ0) is 17.7. The molecule has 7 heteroatoms. The fraction of sp³-hybridized carbons (Fsp3) is 0.529. The molecular formula is C17H23N3O3S. The molecule has 1 heterocycles. The minimum Gasteiger partial charge on any atom is -0.333 e. The van der Waals surface area contributed by atoms with E-state index in [-0.39, 0.29) is 29.0 Å². The number of nitriles is 1. The second-order valence-electron chi connectivity index (χ2n) is 6.21. The van der Waals surface area contributed by atoms with Crippen molar-refractivity contribution in [2.45, 2.75) is 30.7 Å². The van der Waals surface area contributed by atoms with Gasteiger partial charge in [0.05, 0.1) is 16.7 Å². The highest BCUT2D eigenvalue weighted by molar-refractivity contribution is 7.91. The minimum absolute atomic E-state index is 0.0522. The van der Waals surface area contributed by atoms with Crippen molar-refractivity contribution < 1.29 is 13.2 Å². The Morgan fingerprint density at radius 1 is 1.29 bits per heavy atom. The van der Waals surface area contributed by atoms with Crippen molar-refractivity contribution >= 4 is 15.7 Å². The van der Waals surface area contributed by atoms with Gasteiger partial charge in [-0.3, -0.25) is 4.79 Å². The predicted octanol–water partition coefficient (Wildman–Crippen LogP) is 1.54. The summed E-state index contributed by atoms with van der Waals surface area (Å²) in [5.41, 5.74) is 0.502. The Morgan fingerprint density at radius 3 is 2.54 bits per heavy atom. The molecule has 0 saturated carbocycles. The molecule has 0 aliphatic carbocycles. The largest absolute Gasteiger partial charge is 0.333 e. The van der Waals surface area contributed by atoms with Crippen LogP contribution in [-0.2, 0) is 9.84 Å². The lowest BCUT2D eigenvalue weighted by molar-refractivity contribution is 0.0533. The molecule has 1 fully saturated rings. The average molecular weight is 349 g/mol. The van der Waals surface area contributed by atoms with Crippen LogP contribution in [0, 0.1) is 11.3 Å². The summed E-state index contributed by atoms with van der Waals surface area (Å²) in [5.74, 6) is -0.118. The first-order valence-electron chi connectivity index (χ1n) is 8.04. The molecule has 6 nitrogen and oxygen atoms in total. The van der Waals surface area contributed by atoms with Crippen LogP contribution >= 0.6 is 0 Å². The molecule has 0 N–H and O–H groups in total. The molecule has 1 aromatic carbocycles. The summed E-state index contributed by atoms with van der Waals surface area (Å²) < 4.78 is 24.3. The van der Waals surface area contributed by atoms with Gasteiger partial charge < -0.3 is 9.80 Å². The van der Waals surface area contributed by atoms with E-state index in [1.165, 1.54) is 12.1 Å². The summed E-state index contributed by atoms with van der Waals surface area (Å²) in [7, 11) is -1.37. The lowest BCUT2D eigenvalue weighted by Gasteiger charge is -2.38. The van der Waals surface area contributed by atoms with Gasteiger partial charge in [-0.2, -0.15) is 5.26 Å². The van der Waals surface area contributed by atoms with Gasteiger partial charge >= 0.3 is 0 Å². The van der Waals surface area contributed by atoms with Gasteiger partial charge in [0.25, 0.3) is 5.91 Å². The molecule has 0 bridgehead atoms. The van der Waals surface area contributed by atoms with Crippen LogP contribution in [0.15, 0.2) is 29.2 Å². The van der Waals surface area contributed by atoms with E-state index in [1.54, 1.807) is 12.1 Å². The van der Waals surface area contributed by atoms with E-state index in [0.29, 0.717) is 18.5 Å². The molecule has 1 aliphatic heterocycles. The zero-order valence-corrected chi connectivity index (χ0v) is 14.9. The van der Waals surface area contributed by atoms with Crippen LogP contribution in [0.4, 0.5) is 0 Å². The highest BCUT2D eigenvalue weighted by atomic mass is 32.2. The lowest BCUT2D eigenvalue weighted by atomic mass is 10.1. The highest BCUT2D eigenvalue weighted by Crippen LogP contribution is 2.17. The topological polar surface area (TPSA) is 81.5 Å². The first kappa shape index (κ1) is 18.4. The highest BCUT2D eigenvalue weighted by Gasteiger charge is 2.26. The Balaban J connectivity index is 2.09. The number of sulfone groups is 1. The van der Waals surface area contributed by atoms with Crippen LogP contribution in [0.1, 0.15) is 30.1 Å². The van der Waals surface area contributed by atoms with Crippen LogP contribution in [0.5, 0.6) is 0 Å². The first-order chi connectivity index (χ1) is 11.3. The van der Waals surface area contributed by atoms with Crippen LogP contribution in [0.25, 0.3) is 0 Å². The molecule has 1 saturated heterocycles. The summed E-state index contributed by atoms with van der Waals surface area (Å²) in [5, 5.41) is 8.50. The normalized spacial score (nSPS) is 19.0.